The maximum atomic E-state index is 5.85. The number of hydrogen-bond acceptors (Lipinski definition) is 1. The second-order valence-electron chi connectivity index (χ2n) is 5.26. The van der Waals surface area contributed by atoms with Crippen LogP contribution in [0, 0.1) is 0 Å². The Morgan fingerprint density at radius 1 is 1.25 bits per heavy atom. The van der Waals surface area contributed by atoms with Crippen LogP contribution >= 0.6 is 0 Å². The van der Waals surface area contributed by atoms with Crippen LogP contribution in [0.15, 0.2) is 24.3 Å². The second kappa shape index (κ2) is 5.49. The lowest BCUT2D eigenvalue weighted by molar-refractivity contribution is 0.443. The first-order valence-electron chi connectivity index (χ1n) is 6.60. The van der Waals surface area contributed by atoms with Gasteiger partial charge in [-0.2, -0.15) is 0 Å². The van der Waals surface area contributed by atoms with Crippen molar-refractivity contribution in [3.63, 3.8) is 0 Å². The zero-order chi connectivity index (χ0) is 11.4. The highest BCUT2D eigenvalue weighted by atomic mass is 14.6. The van der Waals surface area contributed by atoms with Gasteiger partial charge in [0, 0.05) is 6.04 Å². The average Bonchev–Trinajstić information content (AvgIpc) is 2.30. The molecule has 1 unspecified atom stereocenters. The van der Waals surface area contributed by atoms with Crippen LogP contribution in [0.5, 0.6) is 0 Å². The van der Waals surface area contributed by atoms with E-state index in [1.165, 1.54) is 43.2 Å². The average molecular weight is 217 g/mol. The first-order valence-corrected chi connectivity index (χ1v) is 6.60. The Morgan fingerprint density at radius 2 is 2.00 bits per heavy atom. The van der Waals surface area contributed by atoms with E-state index < -0.39 is 0 Å². The summed E-state index contributed by atoms with van der Waals surface area (Å²) < 4.78 is 0. The van der Waals surface area contributed by atoms with Crippen LogP contribution in [0.2, 0.25) is 0 Å². The van der Waals surface area contributed by atoms with Gasteiger partial charge in [-0.1, -0.05) is 43.5 Å². The molecule has 0 aliphatic heterocycles. The van der Waals surface area contributed by atoms with Gasteiger partial charge in [0.15, 0.2) is 0 Å². The van der Waals surface area contributed by atoms with E-state index in [0.29, 0.717) is 0 Å². The van der Waals surface area contributed by atoms with Gasteiger partial charge in [-0.3, -0.25) is 0 Å². The molecule has 0 saturated heterocycles. The summed E-state index contributed by atoms with van der Waals surface area (Å²) in [4.78, 5) is 0. The molecule has 0 radical (unpaired) electrons. The molecule has 1 aromatic carbocycles. The normalized spacial score (nSPS) is 19.6. The van der Waals surface area contributed by atoms with Crippen LogP contribution in [-0.2, 0) is 6.42 Å². The molecule has 1 aliphatic rings. The molecule has 0 heterocycles. The molecule has 1 heteroatoms. The lowest BCUT2D eigenvalue weighted by Gasteiger charge is -2.22. The molecule has 16 heavy (non-hydrogen) atoms. The summed E-state index contributed by atoms with van der Waals surface area (Å²) in [7, 11) is 0. The Kier molecular flexibility index (Phi) is 4.00. The zero-order valence-electron chi connectivity index (χ0n) is 10.3. The van der Waals surface area contributed by atoms with E-state index in [1.807, 2.05) is 0 Å². The fraction of sp³-hybridized carbons (Fsp3) is 0.600. The molecule has 88 valence electrons. The summed E-state index contributed by atoms with van der Waals surface area (Å²) in [5, 5.41) is 0. The predicted octanol–water partition coefficient (Wildman–Crippen LogP) is 3.62. The van der Waals surface area contributed by atoms with E-state index in [1.54, 1.807) is 0 Å². The van der Waals surface area contributed by atoms with Gasteiger partial charge in [-0.05, 0) is 43.2 Å². The molecule has 2 rings (SSSR count). The fourth-order valence-corrected chi connectivity index (χ4v) is 2.78. The van der Waals surface area contributed by atoms with Gasteiger partial charge in [-0.15, -0.1) is 0 Å². The molecule has 1 nitrogen and oxygen atoms in total. The maximum Gasteiger partial charge on any atom is 0.00509 e. The molecule has 1 aliphatic carbocycles. The topological polar surface area (TPSA) is 26.0 Å². The number of benzene rings is 1. The molecule has 1 saturated carbocycles. The van der Waals surface area contributed by atoms with Gasteiger partial charge in [-0.25, -0.2) is 0 Å². The van der Waals surface area contributed by atoms with Crippen molar-refractivity contribution in [1.82, 2.24) is 0 Å². The Labute approximate surface area is 99.0 Å². The second-order valence-corrected chi connectivity index (χ2v) is 5.26. The molecular formula is C15H23N. The quantitative estimate of drug-likeness (QED) is 0.822. The Bertz CT molecular complexity index is 324. The molecule has 1 aromatic rings. The molecule has 2 N–H and O–H groups in total. The summed E-state index contributed by atoms with van der Waals surface area (Å²) >= 11 is 0. The van der Waals surface area contributed by atoms with Gasteiger partial charge >= 0.3 is 0 Å². The van der Waals surface area contributed by atoms with Crippen molar-refractivity contribution in [2.75, 3.05) is 0 Å². The molecule has 0 aromatic heterocycles. The van der Waals surface area contributed by atoms with Crippen molar-refractivity contribution >= 4 is 0 Å². The minimum Gasteiger partial charge on any atom is -0.328 e. The summed E-state index contributed by atoms with van der Waals surface area (Å²) in [5.41, 5.74) is 8.79. The Morgan fingerprint density at radius 3 is 2.69 bits per heavy atom. The molecule has 1 atom stereocenters. The minimum absolute atomic E-state index is 0.265. The van der Waals surface area contributed by atoms with Crippen molar-refractivity contribution in [3.05, 3.63) is 35.4 Å². The molecular weight excluding hydrogens is 194 g/mol. The summed E-state index contributed by atoms with van der Waals surface area (Å²) in [5.74, 6) is 0.807. The van der Waals surface area contributed by atoms with Crippen LogP contribution in [0.25, 0.3) is 0 Å². The first-order chi connectivity index (χ1) is 7.75. The van der Waals surface area contributed by atoms with Crippen LogP contribution in [0.1, 0.15) is 56.1 Å². The summed E-state index contributed by atoms with van der Waals surface area (Å²) in [6.07, 6.45) is 7.99. The third-order valence-electron chi connectivity index (χ3n) is 3.59. The van der Waals surface area contributed by atoms with Crippen molar-refractivity contribution in [1.29, 1.82) is 0 Å². The maximum absolute atomic E-state index is 5.85. The fourth-order valence-electron chi connectivity index (χ4n) is 2.78. The lowest BCUT2D eigenvalue weighted by atomic mass is 9.83. The van der Waals surface area contributed by atoms with Gasteiger partial charge in [0.1, 0.15) is 0 Å². The van der Waals surface area contributed by atoms with Gasteiger partial charge in [0.25, 0.3) is 0 Å². The van der Waals surface area contributed by atoms with Crippen molar-refractivity contribution in [2.24, 2.45) is 5.73 Å². The van der Waals surface area contributed by atoms with Gasteiger partial charge < -0.3 is 5.73 Å². The highest BCUT2D eigenvalue weighted by Gasteiger charge is 2.15. The number of nitrogens with two attached hydrogens (primary N) is 1. The first kappa shape index (κ1) is 11.7. The Balaban J connectivity index is 2.08. The van der Waals surface area contributed by atoms with Crippen LogP contribution in [0.3, 0.4) is 0 Å². The van der Waals surface area contributed by atoms with Gasteiger partial charge in [0.2, 0.25) is 0 Å². The van der Waals surface area contributed by atoms with E-state index in [9.17, 15) is 0 Å². The number of rotatable bonds is 3. The van der Waals surface area contributed by atoms with E-state index in [-0.39, 0.29) is 6.04 Å². The minimum atomic E-state index is 0.265. The van der Waals surface area contributed by atoms with E-state index in [2.05, 4.69) is 31.2 Å². The van der Waals surface area contributed by atoms with Crippen LogP contribution in [-0.4, -0.2) is 6.04 Å². The zero-order valence-corrected chi connectivity index (χ0v) is 10.3. The van der Waals surface area contributed by atoms with Gasteiger partial charge in [0.05, 0.1) is 0 Å². The standard InChI is InChI=1S/C15H23N/c1-12(16)10-13-6-5-9-15(11-13)14-7-3-2-4-8-14/h5-6,9,11-12,14H,2-4,7-8,10,16H2,1H3. The number of hydrogen-bond donors (Lipinski definition) is 1. The largest absolute Gasteiger partial charge is 0.328 e. The highest BCUT2D eigenvalue weighted by molar-refractivity contribution is 5.27. The smallest absolute Gasteiger partial charge is 0.00509 e. The monoisotopic (exact) mass is 217 g/mol. The van der Waals surface area contributed by atoms with Crippen LogP contribution in [0.4, 0.5) is 0 Å². The van der Waals surface area contributed by atoms with Crippen LogP contribution < -0.4 is 5.73 Å². The third-order valence-corrected chi connectivity index (χ3v) is 3.59. The SMILES string of the molecule is CC(N)Cc1cccc(C2CCCCC2)c1. The van der Waals surface area contributed by atoms with Crippen molar-refractivity contribution in [3.8, 4) is 0 Å². The summed E-state index contributed by atoms with van der Waals surface area (Å²) in [6, 6.07) is 9.33. The van der Waals surface area contributed by atoms with Crippen molar-refractivity contribution in [2.45, 2.75) is 57.4 Å². The van der Waals surface area contributed by atoms with E-state index >= 15 is 0 Å². The van der Waals surface area contributed by atoms with Crippen molar-refractivity contribution < 1.29 is 0 Å². The lowest BCUT2D eigenvalue weighted by Crippen LogP contribution is -2.18. The third kappa shape index (κ3) is 3.08. The van der Waals surface area contributed by atoms with E-state index in [0.717, 1.165) is 12.3 Å². The Hall–Kier alpha value is -0.820. The highest BCUT2D eigenvalue weighted by Crippen LogP contribution is 2.32. The molecule has 1 fully saturated rings. The van der Waals surface area contributed by atoms with E-state index in [4.69, 9.17) is 5.73 Å². The molecule has 0 spiro atoms. The predicted molar refractivity (Wildman–Crippen MR) is 69.6 cm³/mol. The summed E-state index contributed by atoms with van der Waals surface area (Å²) in [6.45, 7) is 2.08. The molecule has 0 amide bonds. The molecule has 0 bridgehead atoms.